The highest BCUT2D eigenvalue weighted by Crippen LogP contribution is 2.20. The molecule has 1 unspecified atom stereocenters. The van der Waals surface area contributed by atoms with Crippen LogP contribution in [-0.2, 0) is 4.79 Å². The molecule has 0 aromatic heterocycles. The largest absolute Gasteiger partial charge is 0.354 e. The molecule has 0 aliphatic rings. The molecule has 28 heavy (non-hydrogen) atoms. The summed E-state index contributed by atoms with van der Waals surface area (Å²) in [6.45, 7) is 11.9. The molecule has 160 valence electrons. The van der Waals surface area contributed by atoms with Crippen LogP contribution in [0.3, 0.4) is 0 Å². The van der Waals surface area contributed by atoms with Crippen molar-refractivity contribution < 1.29 is 4.79 Å². The Labute approximate surface area is 195 Å². The molecule has 0 saturated carbocycles. The number of halogens is 2. The number of anilines is 1. The smallest absolute Gasteiger partial charge is 0.243 e. The van der Waals surface area contributed by atoms with Gasteiger partial charge in [0.1, 0.15) is 0 Å². The molecule has 1 aromatic carbocycles. The van der Waals surface area contributed by atoms with Crippen molar-refractivity contribution in [1.82, 2.24) is 15.5 Å². The maximum atomic E-state index is 12.2. The topological polar surface area (TPSA) is 68.8 Å². The van der Waals surface area contributed by atoms with Gasteiger partial charge in [-0.25, -0.2) is 0 Å². The number of nitrogens with one attached hydrogen (secondary N) is 3. The van der Waals surface area contributed by atoms with Crippen molar-refractivity contribution in [2.24, 2.45) is 4.99 Å². The molecule has 6 nitrogen and oxygen atoms in total. The lowest BCUT2D eigenvalue weighted by atomic mass is 10.2. The summed E-state index contributed by atoms with van der Waals surface area (Å²) in [6.07, 6.45) is 2.19. The lowest BCUT2D eigenvalue weighted by Crippen LogP contribution is -2.45. The van der Waals surface area contributed by atoms with Crippen LogP contribution in [0.5, 0.6) is 0 Å². The van der Waals surface area contributed by atoms with E-state index in [2.05, 4.69) is 62.5 Å². The van der Waals surface area contributed by atoms with Gasteiger partial charge in [0, 0.05) is 23.2 Å². The number of hydrogen-bond donors (Lipinski definition) is 3. The van der Waals surface area contributed by atoms with Crippen molar-refractivity contribution in [3.8, 4) is 0 Å². The summed E-state index contributed by atoms with van der Waals surface area (Å²) in [5, 5.41) is 9.35. The van der Waals surface area contributed by atoms with Crippen molar-refractivity contribution >= 4 is 57.5 Å². The first-order chi connectivity index (χ1) is 12.9. The zero-order chi connectivity index (χ0) is 20.2. The van der Waals surface area contributed by atoms with Gasteiger partial charge in [0.25, 0.3) is 0 Å². The van der Waals surface area contributed by atoms with Gasteiger partial charge in [0.2, 0.25) is 5.91 Å². The monoisotopic (exact) mass is 567 g/mol. The van der Waals surface area contributed by atoms with Crippen molar-refractivity contribution in [2.45, 2.75) is 46.6 Å². The molecule has 0 bridgehead atoms. The van der Waals surface area contributed by atoms with Crippen LogP contribution < -0.4 is 16.0 Å². The highest BCUT2D eigenvalue weighted by Gasteiger charge is 2.09. The van der Waals surface area contributed by atoms with E-state index in [1.807, 2.05) is 25.1 Å². The molecule has 8 heteroatoms. The average molecular weight is 568 g/mol. The molecule has 0 aliphatic carbocycles. The van der Waals surface area contributed by atoms with E-state index in [0.717, 1.165) is 48.2 Å². The second-order valence-corrected chi connectivity index (χ2v) is 7.56. The number of benzene rings is 1. The first-order valence-corrected chi connectivity index (χ1v) is 10.4. The van der Waals surface area contributed by atoms with Crippen LogP contribution in [0.1, 0.15) is 39.2 Å². The number of aryl methyl sites for hydroxylation is 1. The fourth-order valence-electron chi connectivity index (χ4n) is 2.75. The van der Waals surface area contributed by atoms with E-state index >= 15 is 0 Å². The number of carbonyl (C=O) groups is 1. The fraction of sp³-hybridized carbons (Fsp3) is 0.600. The van der Waals surface area contributed by atoms with Crippen LogP contribution in [-0.4, -0.2) is 56.0 Å². The van der Waals surface area contributed by atoms with Gasteiger partial charge in [0.15, 0.2) is 5.96 Å². The van der Waals surface area contributed by atoms with E-state index in [4.69, 9.17) is 0 Å². The summed E-state index contributed by atoms with van der Waals surface area (Å²) in [5.41, 5.74) is 1.83. The Morgan fingerprint density at radius 2 is 1.96 bits per heavy atom. The molecule has 0 fully saturated rings. The van der Waals surface area contributed by atoms with Gasteiger partial charge in [-0.1, -0.05) is 35.8 Å². The highest BCUT2D eigenvalue weighted by atomic mass is 127. The molecular weight excluding hydrogens is 533 g/mol. The fourth-order valence-corrected chi connectivity index (χ4v) is 3.11. The van der Waals surface area contributed by atoms with Gasteiger partial charge in [-0.15, -0.1) is 24.0 Å². The van der Waals surface area contributed by atoms with Crippen LogP contribution in [0, 0.1) is 6.92 Å². The number of guanidine groups is 1. The van der Waals surface area contributed by atoms with E-state index < -0.39 is 0 Å². The third-order valence-electron chi connectivity index (χ3n) is 4.50. The maximum absolute atomic E-state index is 12.2. The predicted molar refractivity (Wildman–Crippen MR) is 134 cm³/mol. The quantitative estimate of drug-likeness (QED) is 0.227. The first kappa shape index (κ1) is 27.1. The van der Waals surface area contributed by atoms with Crippen molar-refractivity contribution in [1.29, 1.82) is 0 Å². The summed E-state index contributed by atoms with van der Waals surface area (Å²) in [4.78, 5) is 18.9. The summed E-state index contributed by atoms with van der Waals surface area (Å²) in [7, 11) is 1.72. The van der Waals surface area contributed by atoms with Gasteiger partial charge < -0.3 is 20.9 Å². The minimum absolute atomic E-state index is 0. The third kappa shape index (κ3) is 10.6. The second kappa shape index (κ2) is 15.0. The number of hydrogen-bond acceptors (Lipinski definition) is 3. The standard InChI is InChI=1S/C20H34BrN5O.HI/c1-6-26(7-2)12-8-9-16(4)24-20(22-5)23-14-19(27)25-18-13-17(21)11-10-15(18)3;/h10-11,13,16H,6-9,12,14H2,1-5H3,(H,25,27)(H2,22,23,24);1H. The Morgan fingerprint density at radius 3 is 2.57 bits per heavy atom. The van der Waals surface area contributed by atoms with Crippen molar-refractivity contribution in [3.05, 3.63) is 28.2 Å². The number of carbonyl (C=O) groups excluding carboxylic acids is 1. The number of amides is 1. The molecule has 1 aromatic rings. The Hall–Kier alpha value is -0.870. The maximum Gasteiger partial charge on any atom is 0.243 e. The van der Waals surface area contributed by atoms with E-state index in [1.165, 1.54) is 0 Å². The summed E-state index contributed by atoms with van der Waals surface area (Å²) >= 11 is 3.43. The normalized spacial score (nSPS) is 12.3. The number of rotatable bonds is 10. The number of nitrogens with zero attached hydrogens (tertiary/aromatic N) is 2. The van der Waals surface area contributed by atoms with Crippen LogP contribution in [0.25, 0.3) is 0 Å². The van der Waals surface area contributed by atoms with Gasteiger partial charge in [-0.2, -0.15) is 0 Å². The van der Waals surface area contributed by atoms with Crippen LogP contribution in [0.4, 0.5) is 5.69 Å². The van der Waals surface area contributed by atoms with Crippen LogP contribution in [0.2, 0.25) is 0 Å². The average Bonchev–Trinajstić information content (AvgIpc) is 2.65. The minimum Gasteiger partial charge on any atom is -0.354 e. The molecule has 1 rings (SSSR count). The highest BCUT2D eigenvalue weighted by molar-refractivity contribution is 14.0. The third-order valence-corrected chi connectivity index (χ3v) is 5.00. The SMILES string of the molecule is CCN(CC)CCCC(C)NC(=NC)NCC(=O)Nc1cc(Br)ccc1C.I. The zero-order valence-corrected chi connectivity index (χ0v) is 21.6. The van der Waals surface area contributed by atoms with Crippen LogP contribution in [0.15, 0.2) is 27.7 Å². The molecule has 1 amide bonds. The molecule has 1 atom stereocenters. The van der Waals surface area contributed by atoms with Crippen molar-refractivity contribution in [3.63, 3.8) is 0 Å². The Bertz CT molecular complexity index is 623. The van der Waals surface area contributed by atoms with E-state index in [9.17, 15) is 4.79 Å². The van der Waals surface area contributed by atoms with E-state index in [0.29, 0.717) is 12.0 Å². The van der Waals surface area contributed by atoms with E-state index in [-0.39, 0.29) is 36.4 Å². The lowest BCUT2D eigenvalue weighted by Gasteiger charge is -2.21. The van der Waals surface area contributed by atoms with Crippen molar-refractivity contribution in [2.75, 3.05) is 38.5 Å². The number of aliphatic imine (C=N–C) groups is 1. The summed E-state index contributed by atoms with van der Waals surface area (Å²) < 4.78 is 0.937. The van der Waals surface area contributed by atoms with E-state index in [1.54, 1.807) is 7.05 Å². The Balaban J connectivity index is 0.00000729. The summed E-state index contributed by atoms with van der Waals surface area (Å²) in [5.74, 6) is 0.541. The molecule has 3 N–H and O–H groups in total. The molecule has 0 heterocycles. The molecule has 0 saturated heterocycles. The predicted octanol–water partition coefficient (Wildman–Crippen LogP) is 3.99. The van der Waals surface area contributed by atoms with Crippen LogP contribution >= 0.6 is 39.9 Å². The van der Waals surface area contributed by atoms with Gasteiger partial charge in [-0.3, -0.25) is 9.79 Å². The Kier molecular flexibility index (Phi) is 14.6. The lowest BCUT2D eigenvalue weighted by molar-refractivity contribution is -0.115. The van der Waals surface area contributed by atoms with Gasteiger partial charge >= 0.3 is 0 Å². The first-order valence-electron chi connectivity index (χ1n) is 9.65. The van der Waals surface area contributed by atoms with Gasteiger partial charge in [0.05, 0.1) is 6.54 Å². The molecule has 0 spiro atoms. The van der Waals surface area contributed by atoms with Gasteiger partial charge in [-0.05, 0) is 64.0 Å². The summed E-state index contributed by atoms with van der Waals surface area (Å²) in [6, 6.07) is 6.12. The zero-order valence-electron chi connectivity index (χ0n) is 17.6. The molecular formula is C20H35BrIN5O. The molecule has 0 aliphatic heterocycles. The minimum atomic E-state index is -0.103. The second-order valence-electron chi connectivity index (χ2n) is 6.65. The molecule has 0 radical (unpaired) electrons. The Morgan fingerprint density at radius 1 is 1.29 bits per heavy atom.